The van der Waals surface area contributed by atoms with Crippen molar-refractivity contribution in [1.29, 1.82) is 0 Å². The van der Waals surface area contributed by atoms with Gasteiger partial charge in [0.25, 0.3) is 5.92 Å². The molecule has 0 radical (unpaired) electrons. The molecule has 11 heteroatoms. The Kier molecular flexibility index (Phi) is 8.39. The number of methoxy groups -OCH3 is 1. The van der Waals surface area contributed by atoms with E-state index in [0.717, 1.165) is 5.56 Å². The summed E-state index contributed by atoms with van der Waals surface area (Å²) in [5.41, 5.74) is 2.00. The van der Waals surface area contributed by atoms with Gasteiger partial charge in [-0.05, 0) is 70.1 Å². The number of fused-ring (bicyclic) bond motifs is 2. The van der Waals surface area contributed by atoms with Gasteiger partial charge >= 0.3 is 6.09 Å². The summed E-state index contributed by atoms with van der Waals surface area (Å²) in [6.07, 6.45) is -0.422. The average molecular weight is 601 g/mol. The van der Waals surface area contributed by atoms with E-state index in [1.165, 1.54) is 18.1 Å². The molecule has 0 saturated carbocycles. The number of alkyl halides is 2. The van der Waals surface area contributed by atoms with Gasteiger partial charge in [-0.2, -0.15) is 0 Å². The van der Waals surface area contributed by atoms with Crippen molar-refractivity contribution in [1.82, 2.24) is 14.8 Å². The molecule has 0 N–H and O–H groups in total. The summed E-state index contributed by atoms with van der Waals surface area (Å²) in [5, 5.41) is 0.548. The van der Waals surface area contributed by atoms with Crippen molar-refractivity contribution in [2.45, 2.75) is 32.3 Å². The van der Waals surface area contributed by atoms with Gasteiger partial charge in [-0.1, -0.05) is 0 Å². The molecule has 1 amide bonds. The van der Waals surface area contributed by atoms with Crippen LogP contribution in [-0.2, 0) is 4.74 Å². The molecular weight excluding hydrogens is 561 g/mol. The number of amides is 1. The van der Waals surface area contributed by atoms with Gasteiger partial charge in [0.1, 0.15) is 18.0 Å². The highest BCUT2D eigenvalue weighted by Gasteiger charge is 2.53. The van der Waals surface area contributed by atoms with Crippen LogP contribution in [0.3, 0.4) is 0 Å². The number of pyridine rings is 1. The van der Waals surface area contributed by atoms with Gasteiger partial charge in [0.05, 0.1) is 31.4 Å². The maximum absolute atomic E-state index is 15.0. The van der Waals surface area contributed by atoms with E-state index in [-0.39, 0.29) is 31.4 Å². The highest BCUT2D eigenvalue weighted by atomic mass is 19.3. The molecule has 8 nitrogen and oxygen atoms in total. The van der Waals surface area contributed by atoms with Crippen LogP contribution in [0.25, 0.3) is 22.2 Å². The van der Waals surface area contributed by atoms with Crippen LogP contribution >= 0.6 is 0 Å². The second kappa shape index (κ2) is 11.7. The number of anilines is 1. The Balaban J connectivity index is 1.38. The number of carbonyl (C=O) groups excluding carboxylic acids is 1. The number of nitrogens with zero attached hydrogens (tertiary/aromatic N) is 4. The Morgan fingerprint density at radius 1 is 1.12 bits per heavy atom. The van der Waals surface area contributed by atoms with Crippen LogP contribution in [0.1, 0.15) is 20.8 Å². The third-order valence-electron chi connectivity index (χ3n) is 7.96. The molecule has 2 saturated heterocycles. The Labute approximate surface area is 250 Å². The molecule has 2 aliphatic rings. The van der Waals surface area contributed by atoms with Gasteiger partial charge in [0.15, 0.2) is 11.6 Å². The fraction of sp³-hybridized carbons (Fsp3) is 0.500. The lowest BCUT2D eigenvalue weighted by molar-refractivity contribution is -0.114. The highest BCUT2D eigenvalue weighted by Crippen LogP contribution is 2.44. The SMILES string of the molecule is COc1cc2nc(-c3ccc(OCCN(C)C(=O)OC(C)(C)C)cc3)cc(N3C[C@H]4CN(C)CC(F)(F)[C@H]4C3)c2cc1F. The summed E-state index contributed by atoms with van der Waals surface area (Å²) in [6, 6.07) is 12.1. The van der Waals surface area contributed by atoms with E-state index in [1.54, 1.807) is 37.2 Å². The average Bonchev–Trinajstić information content (AvgIpc) is 3.36. The van der Waals surface area contributed by atoms with Crippen LogP contribution in [0.4, 0.5) is 23.7 Å². The number of likely N-dealkylation sites (N-methyl/N-ethyl adjacent to an activating group) is 1. The first-order chi connectivity index (χ1) is 20.2. The number of halogens is 3. The number of hydrogen-bond acceptors (Lipinski definition) is 7. The Morgan fingerprint density at radius 2 is 1.84 bits per heavy atom. The van der Waals surface area contributed by atoms with E-state index >= 15 is 8.78 Å². The lowest BCUT2D eigenvalue weighted by Crippen LogP contribution is -2.51. The van der Waals surface area contributed by atoms with Crippen LogP contribution < -0.4 is 14.4 Å². The second-order valence-corrected chi connectivity index (χ2v) is 12.5. The standard InChI is InChI=1S/C32H39F3N4O4/c1-31(2,3)43-30(40)38(5)11-12-42-22-9-7-20(8-10-22)26-14-28(23-13-25(33)29(41-6)15-27(23)36-26)39-17-21-16-37(4)19-32(34,35)24(21)18-39/h7-10,13-15,21,24H,11-12,16-19H2,1-6H3/t21-,24+/m1/s1. The van der Waals surface area contributed by atoms with Crippen LogP contribution in [-0.4, -0.2) is 92.9 Å². The molecule has 3 aromatic rings. The molecule has 5 rings (SSSR count). The first kappa shape index (κ1) is 30.7. The summed E-state index contributed by atoms with van der Waals surface area (Å²) >= 11 is 0. The van der Waals surface area contributed by atoms with Crippen molar-refractivity contribution in [2.75, 3.05) is 65.4 Å². The smallest absolute Gasteiger partial charge is 0.410 e. The van der Waals surface area contributed by atoms with E-state index in [1.807, 2.05) is 43.9 Å². The maximum atomic E-state index is 15.0. The Morgan fingerprint density at radius 3 is 2.51 bits per heavy atom. The zero-order chi connectivity index (χ0) is 31.1. The van der Waals surface area contributed by atoms with Crippen molar-refractivity contribution in [3.8, 4) is 22.8 Å². The molecule has 2 fully saturated rings. The number of likely N-dealkylation sites (tertiary alicyclic amines) is 1. The monoisotopic (exact) mass is 600 g/mol. The molecule has 2 aromatic carbocycles. The van der Waals surface area contributed by atoms with Gasteiger partial charge in [-0.25, -0.2) is 22.9 Å². The Hall–Kier alpha value is -3.73. The van der Waals surface area contributed by atoms with Crippen molar-refractivity contribution in [3.05, 3.63) is 48.3 Å². The van der Waals surface area contributed by atoms with Gasteiger partial charge < -0.3 is 28.9 Å². The summed E-state index contributed by atoms with van der Waals surface area (Å²) in [5.74, 6) is -3.64. The second-order valence-electron chi connectivity index (χ2n) is 12.5. The van der Waals surface area contributed by atoms with Gasteiger partial charge in [-0.3, -0.25) is 0 Å². The van der Waals surface area contributed by atoms with E-state index in [0.29, 0.717) is 47.7 Å². The summed E-state index contributed by atoms with van der Waals surface area (Å²) in [7, 11) is 4.77. The minimum Gasteiger partial charge on any atom is -0.494 e. The third kappa shape index (κ3) is 6.76. The van der Waals surface area contributed by atoms with Gasteiger partial charge in [0.2, 0.25) is 0 Å². The number of carbonyl (C=O) groups is 1. The molecular formula is C32H39F3N4O4. The molecule has 0 bridgehead atoms. The molecule has 232 valence electrons. The summed E-state index contributed by atoms with van der Waals surface area (Å²) in [6.45, 7) is 7.01. The largest absolute Gasteiger partial charge is 0.494 e. The molecule has 2 aliphatic heterocycles. The van der Waals surface area contributed by atoms with Crippen LogP contribution in [0.15, 0.2) is 42.5 Å². The molecule has 0 spiro atoms. The fourth-order valence-electron chi connectivity index (χ4n) is 5.90. The van der Waals surface area contributed by atoms with Crippen molar-refractivity contribution >= 4 is 22.7 Å². The number of aromatic nitrogens is 1. The van der Waals surface area contributed by atoms with Gasteiger partial charge in [-0.15, -0.1) is 0 Å². The predicted molar refractivity (Wildman–Crippen MR) is 160 cm³/mol. The third-order valence-corrected chi connectivity index (χ3v) is 7.96. The van der Waals surface area contributed by atoms with Crippen molar-refractivity contribution < 1.29 is 32.2 Å². The Bertz CT molecular complexity index is 1480. The quantitative estimate of drug-likeness (QED) is 0.333. The van der Waals surface area contributed by atoms with Crippen LogP contribution in [0.5, 0.6) is 11.5 Å². The summed E-state index contributed by atoms with van der Waals surface area (Å²) in [4.78, 5) is 22.0. The minimum absolute atomic E-state index is 0.0615. The first-order valence-corrected chi connectivity index (χ1v) is 14.4. The van der Waals surface area contributed by atoms with E-state index in [4.69, 9.17) is 19.2 Å². The lowest BCUT2D eigenvalue weighted by atomic mass is 9.86. The van der Waals surface area contributed by atoms with E-state index in [2.05, 4.69) is 0 Å². The van der Waals surface area contributed by atoms with Gasteiger partial charge in [0, 0.05) is 55.3 Å². The number of piperidine rings is 1. The highest BCUT2D eigenvalue weighted by molar-refractivity contribution is 5.95. The van der Waals surface area contributed by atoms with E-state index in [9.17, 15) is 9.18 Å². The molecule has 1 aromatic heterocycles. The van der Waals surface area contributed by atoms with Crippen molar-refractivity contribution in [2.24, 2.45) is 11.8 Å². The minimum atomic E-state index is -2.80. The normalized spacial score (nSPS) is 20.2. The fourth-order valence-corrected chi connectivity index (χ4v) is 5.90. The molecule has 0 unspecified atom stereocenters. The number of benzene rings is 2. The molecule has 2 atom stereocenters. The van der Waals surface area contributed by atoms with Crippen LogP contribution in [0, 0.1) is 17.7 Å². The summed E-state index contributed by atoms with van der Waals surface area (Å²) < 4.78 is 61.3. The zero-order valence-corrected chi connectivity index (χ0v) is 25.5. The topological polar surface area (TPSA) is 67.4 Å². The number of ether oxygens (including phenoxy) is 3. The molecule has 43 heavy (non-hydrogen) atoms. The first-order valence-electron chi connectivity index (χ1n) is 14.4. The lowest BCUT2D eigenvalue weighted by Gasteiger charge is -2.37. The van der Waals surface area contributed by atoms with Crippen LogP contribution in [0.2, 0.25) is 0 Å². The number of rotatable bonds is 7. The van der Waals surface area contributed by atoms with E-state index < -0.39 is 29.4 Å². The number of hydrogen-bond donors (Lipinski definition) is 0. The zero-order valence-electron chi connectivity index (χ0n) is 25.5. The maximum Gasteiger partial charge on any atom is 0.410 e. The molecule has 0 aliphatic carbocycles. The van der Waals surface area contributed by atoms with Crippen molar-refractivity contribution in [3.63, 3.8) is 0 Å². The molecule has 3 heterocycles. The predicted octanol–water partition coefficient (Wildman–Crippen LogP) is 5.93.